The Labute approximate surface area is 162 Å². The predicted molar refractivity (Wildman–Crippen MR) is 103 cm³/mol. The third-order valence-electron chi connectivity index (χ3n) is 4.32. The molecule has 140 valence electrons. The highest BCUT2D eigenvalue weighted by molar-refractivity contribution is 6.40. The minimum atomic E-state index is -0.723. The highest BCUT2D eigenvalue weighted by Gasteiger charge is 2.41. The van der Waals surface area contributed by atoms with Crippen LogP contribution in [0.5, 0.6) is 5.75 Å². The van der Waals surface area contributed by atoms with Crippen LogP contribution in [0.3, 0.4) is 0 Å². The molecule has 0 aromatic heterocycles. The molecule has 0 aliphatic carbocycles. The zero-order valence-electron chi connectivity index (χ0n) is 14.9. The number of halogens is 1. The molecule has 1 heterocycles. The SMILES string of the molecule is CCOC(=O)C1=NN[C@@H](C(=O)c2ccc(Cl)cc2)[C@@H]1c1ccc(OC)cc1. The molecule has 0 unspecified atom stereocenters. The van der Waals surface area contributed by atoms with Gasteiger partial charge in [0.25, 0.3) is 0 Å². The fourth-order valence-electron chi connectivity index (χ4n) is 2.98. The summed E-state index contributed by atoms with van der Waals surface area (Å²) >= 11 is 5.91. The van der Waals surface area contributed by atoms with Gasteiger partial charge in [-0.15, -0.1) is 0 Å². The third kappa shape index (κ3) is 3.95. The largest absolute Gasteiger partial charge is 0.497 e. The number of hydrogen-bond acceptors (Lipinski definition) is 6. The molecule has 27 heavy (non-hydrogen) atoms. The van der Waals surface area contributed by atoms with Gasteiger partial charge in [0, 0.05) is 10.6 Å². The molecule has 6 nitrogen and oxygen atoms in total. The second-order valence-electron chi connectivity index (χ2n) is 5.95. The molecule has 0 bridgehead atoms. The average molecular weight is 387 g/mol. The molecule has 0 spiro atoms. The van der Waals surface area contributed by atoms with Crippen LogP contribution in [0.4, 0.5) is 0 Å². The number of hydrogen-bond donors (Lipinski definition) is 1. The first-order chi connectivity index (χ1) is 13.0. The summed E-state index contributed by atoms with van der Waals surface area (Å²) in [6, 6.07) is 13.1. The zero-order valence-corrected chi connectivity index (χ0v) is 15.7. The molecule has 7 heteroatoms. The van der Waals surface area contributed by atoms with Crippen molar-refractivity contribution in [1.29, 1.82) is 0 Å². The first kappa shape index (κ1) is 18.9. The number of nitrogens with one attached hydrogen (secondary N) is 1. The molecular weight excluding hydrogens is 368 g/mol. The van der Waals surface area contributed by atoms with Crippen LogP contribution in [0.25, 0.3) is 0 Å². The second-order valence-corrected chi connectivity index (χ2v) is 6.38. The first-order valence-electron chi connectivity index (χ1n) is 8.49. The van der Waals surface area contributed by atoms with Gasteiger partial charge in [-0.05, 0) is 48.9 Å². The van der Waals surface area contributed by atoms with Gasteiger partial charge in [0.1, 0.15) is 11.8 Å². The van der Waals surface area contributed by atoms with Crippen molar-refractivity contribution in [3.63, 3.8) is 0 Å². The van der Waals surface area contributed by atoms with Gasteiger partial charge in [0.2, 0.25) is 0 Å². The number of methoxy groups -OCH3 is 1. The normalized spacial score (nSPS) is 18.4. The van der Waals surface area contributed by atoms with Crippen molar-refractivity contribution in [2.75, 3.05) is 13.7 Å². The van der Waals surface area contributed by atoms with Crippen LogP contribution in [0.2, 0.25) is 5.02 Å². The minimum Gasteiger partial charge on any atom is -0.497 e. The van der Waals surface area contributed by atoms with Crippen LogP contribution >= 0.6 is 11.6 Å². The van der Waals surface area contributed by atoms with Crippen LogP contribution in [-0.4, -0.2) is 37.2 Å². The maximum absolute atomic E-state index is 13.0. The van der Waals surface area contributed by atoms with E-state index in [-0.39, 0.29) is 18.1 Å². The van der Waals surface area contributed by atoms with Gasteiger partial charge in [0.15, 0.2) is 11.5 Å². The third-order valence-corrected chi connectivity index (χ3v) is 4.57. The van der Waals surface area contributed by atoms with Crippen molar-refractivity contribution in [1.82, 2.24) is 5.43 Å². The molecule has 3 rings (SSSR count). The summed E-state index contributed by atoms with van der Waals surface area (Å²) < 4.78 is 10.3. The lowest BCUT2D eigenvalue weighted by Gasteiger charge is -2.20. The number of carbonyl (C=O) groups excluding carboxylic acids is 2. The maximum atomic E-state index is 13.0. The van der Waals surface area contributed by atoms with Crippen molar-refractivity contribution < 1.29 is 19.1 Å². The number of esters is 1. The first-order valence-corrected chi connectivity index (χ1v) is 8.87. The highest BCUT2D eigenvalue weighted by atomic mass is 35.5. The number of ketones is 1. The van der Waals surface area contributed by atoms with Crippen LogP contribution in [0.1, 0.15) is 28.8 Å². The summed E-state index contributed by atoms with van der Waals surface area (Å²) in [4.78, 5) is 25.4. The smallest absolute Gasteiger partial charge is 0.355 e. The Morgan fingerprint density at radius 3 is 2.37 bits per heavy atom. The molecule has 2 atom stereocenters. The van der Waals surface area contributed by atoms with Crippen LogP contribution < -0.4 is 10.2 Å². The number of Topliss-reactive ketones (excluding diaryl/α,β-unsaturated/α-hetero) is 1. The molecule has 1 N–H and O–H groups in total. The van der Waals surface area contributed by atoms with E-state index in [1.807, 2.05) is 12.1 Å². The predicted octanol–water partition coefficient (Wildman–Crippen LogP) is 3.21. The highest BCUT2D eigenvalue weighted by Crippen LogP contribution is 2.30. The second kappa shape index (κ2) is 8.22. The van der Waals surface area contributed by atoms with E-state index in [9.17, 15) is 9.59 Å². The maximum Gasteiger partial charge on any atom is 0.355 e. The molecule has 2 aromatic carbocycles. The van der Waals surface area contributed by atoms with Crippen LogP contribution in [0.15, 0.2) is 53.6 Å². The van der Waals surface area contributed by atoms with E-state index < -0.39 is 17.9 Å². The molecule has 2 aromatic rings. The number of ether oxygens (including phenoxy) is 2. The van der Waals surface area contributed by atoms with Gasteiger partial charge < -0.3 is 9.47 Å². The lowest BCUT2D eigenvalue weighted by atomic mass is 9.84. The van der Waals surface area contributed by atoms with Crippen molar-refractivity contribution in [3.05, 3.63) is 64.7 Å². The van der Waals surface area contributed by atoms with E-state index in [2.05, 4.69) is 10.5 Å². The fourth-order valence-corrected chi connectivity index (χ4v) is 3.11. The van der Waals surface area contributed by atoms with E-state index in [4.69, 9.17) is 21.1 Å². The summed E-state index contributed by atoms with van der Waals surface area (Å²) in [6.45, 7) is 1.95. The van der Waals surface area contributed by atoms with Gasteiger partial charge in [-0.1, -0.05) is 23.7 Å². The number of nitrogens with zero attached hydrogens (tertiary/aromatic N) is 1. The Balaban J connectivity index is 1.95. The van der Waals surface area contributed by atoms with E-state index in [0.717, 1.165) is 5.56 Å². The van der Waals surface area contributed by atoms with Crippen molar-refractivity contribution in [3.8, 4) is 5.75 Å². The Kier molecular flexibility index (Phi) is 5.76. The van der Waals surface area contributed by atoms with E-state index in [0.29, 0.717) is 16.3 Å². The molecule has 1 aliphatic heterocycles. The lowest BCUT2D eigenvalue weighted by molar-refractivity contribution is -0.135. The number of carbonyl (C=O) groups is 2. The Hall–Kier alpha value is -2.86. The molecule has 1 aliphatic rings. The van der Waals surface area contributed by atoms with Crippen molar-refractivity contribution in [2.45, 2.75) is 18.9 Å². The fraction of sp³-hybridized carbons (Fsp3) is 0.250. The molecule has 0 fully saturated rings. The van der Waals surface area contributed by atoms with Gasteiger partial charge in [-0.2, -0.15) is 5.10 Å². The summed E-state index contributed by atoms with van der Waals surface area (Å²) in [6.07, 6.45) is 0. The van der Waals surface area contributed by atoms with Gasteiger partial charge in [0.05, 0.1) is 19.6 Å². The van der Waals surface area contributed by atoms with E-state index in [1.54, 1.807) is 50.4 Å². The van der Waals surface area contributed by atoms with Crippen molar-refractivity contribution in [2.24, 2.45) is 5.10 Å². The monoisotopic (exact) mass is 386 g/mol. The van der Waals surface area contributed by atoms with Gasteiger partial charge in [-0.25, -0.2) is 4.79 Å². The van der Waals surface area contributed by atoms with Gasteiger partial charge in [-0.3, -0.25) is 10.2 Å². The molecule has 0 radical (unpaired) electrons. The lowest BCUT2D eigenvalue weighted by Crippen LogP contribution is -2.37. The molecular formula is C20H19ClN2O4. The average Bonchev–Trinajstić information content (AvgIpc) is 3.13. The number of benzene rings is 2. The quantitative estimate of drug-likeness (QED) is 0.609. The minimum absolute atomic E-state index is 0.175. The summed E-state index contributed by atoms with van der Waals surface area (Å²) in [5.74, 6) is -0.620. The number of hydrazone groups is 1. The Bertz CT molecular complexity index is 863. The Morgan fingerprint density at radius 1 is 1.11 bits per heavy atom. The molecule has 0 amide bonds. The Morgan fingerprint density at radius 2 is 1.78 bits per heavy atom. The summed E-state index contributed by atoms with van der Waals surface area (Å²) in [7, 11) is 1.57. The molecule has 0 saturated carbocycles. The van der Waals surface area contributed by atoms with E-state index in [1.165, 1.54) is 0 Å². The number of rotatable bonds is 6. The molecule has 0 saturated heterocycles. The van der Waals surface area contributed by atoms with E-state index >= 15 is 0 Å². The standard InChI is InChI=1S/C20H19ClN2O4/c1-3-27-20(25)18-16(12-6-10-15(26-2)11-7-12)17(22-23-18)19(24)13-4-8-14(21)9-5-13/h4-11,16-17,22H,3H2,1-2H3/t16-,17+/m0/s1. The van der Waals surface area contributed by atoms with Crippen LogP contribution in [-0.2, 0) is 9.53 Å². The summed E-state index contributed by atoms with van der Waals surface area (Å²) in [5, 5.41) is 4.66. The zero-order chi connectivity index (χ0) is 19.4. The van der Waals surface area contributed by atoms with Gasteiger partial charge >= 0.3 is 5.97 Å². The topological polar surface area (TPSA) is 77.0 Å². The van der Waals surface area contributed by atoms with Crippen molar-refractivity contribution >= 4 is 29.1 Å². The van der Waals surface area contributed by atoms with Crippen LogP contribution in [0, 0.1) is 0 Å². The summed E-state index contributed by atoms with van der Waals surface area (Å²) in [5.41, 5.74) is 4.23.